The number of fused-ring (bicyclic) bond motifs is 1. The lowest BCUT2D eigenvalue weighted by atomic mass is 10.1. The molecular formula is C10H9N3O. The number of benzene rings is 1. The lowest BCUT2D eigenvalue weighted by molar-refractivity contribution is 0.430. The van der Waals surface area contributed by atoms with Gasteiger partial charge in [-0.15, -0.1) is 0 Å². The van der Waals surface area contributed by atoms with E-state index >= 15 is 0 Å². The van der Waals surface area contributed by atoms with Gasteiger partial charge >= 0.3 is 0 Å². The highest BCUT2D eigenvalue weighted by atomic mass is 16.5. The third-order valence-electron chi connectivity index (χ3n) is 2.43. The van der Waals surface area contributed by atoms with Gasteiger partial charge in [0.2, 0.25) is 0 Å². The fourth-order valence-corrected chi connectivity index (χ4v) is 1.72. The smallest absolute Gasteiger partial charge is 0.257 e. The quantitative estimate of drug-likeness (QED) is 0.738. The highest BCUT2D eigenvalue weighted by molar-refractivity contribution is 5.66. The average Bonchev–Trinajstić information content (AvgIpc) is 2.88. The van der Waals surface area contributed by atoms with Gasteiger partial charge < -0.3 is 9.84 Å². The van der Waals surface area contributed by atoms with Crippen molar-refractivity contribution in [2.45, 2.75) is 6.42 Å². The van der Waals surface area contributed by atoms with Crippen LogP contribution in [0.1, 0.15) is 5.56 Å². The van der Waals surface area contributed by atoms with E-state index in [0.717, 1.165) is 18.5 Å². The molecule has 4 nitrogen and oxygen atoms in total. The highest BCUT2D eigenvalue weighted by Crippen LogP contribution is 2.27. The summed E-state index contributed by atoms with van der Waals surface area (Å²) in [6, 6.07) is 6.17. The van der Waals surface area contributed by atoms with E-state index in [0.29, 0.717) is 5.89 Å². The molecular weight excluding hydrogens is 178 g/mol. The van der Waals surface area contributed by atoms with Crippen molar-refractivity contribution in [1.82, 2.24) is 10.1 Å². The van der Waals surface area contributed by atoms with E-state index in [9.17, 15) is 0 Å². The molecule has 0 radical (unpaired) electrons. The molecule has 70 valence electrons. The summed E-state index contributed by atoms with van der Waals surface area (Å²) in [7, 11) is 0. The lowest BCUT2D eigenvalue weighted by Crippen LogP contribution is -1.91. The Balaban J connectivity index is 2.09. The SMILES string of the molecule is c1noc(-c2ccc3c(c2)NCC3)n1. The molecule has 1 aromatic carbocycles. The molecule has 0 spiro atoms. The van der Waals surface area contributed by atoms with Gasteiger partial charge in [0.1, 0.15) is 0 Å². The first-order valence-corrected chi connectivity index (χ1v) is 4.57. The fourth-order valence-electron chi connectivity index (χ4n) is 1.72. The monoisotopic (exact) mass is 187 g/mol. The van der Waals surface area contributed by atoms with Crippen molar-refractivity contribution in [3.8, 4) is 11.5 Å². The second-order valence-electron chi connectivity index (χ2n) is 3.30. The maximum Gasteiger partial charge on any atom is 0.257 e. The van der Waals surface area contributed by atoms with Crippen molar-refractivity contribution in [3.05, 3.63) is 30.1 Å². The number of rotatable bonds is 1. The van der Waals surface area contributed by atoms with Crippen molar-refractivity contribution in [1.29, 1.82) is 0 Å². The summed E-state index contributed by atoms with van der Waals surface area (Å²) >= 11 is 0. The Hall–Kier alpha value is -1.84. The number of nitrogens with one attached hydrogen (secondary N) is 1. The van der Waals surface area contributed by atoms with E-state index in [-0.39, 0.29) is 0 Å². The minimum Gasteiger partial charge on any atom is -0.384 e. The van der Waals surface area contributed by atoms with Crippen LogP contribution in [0.2, 0.25) is 0 Å². The second-order valence-corrected chi connectivity index (χ2v) is 3.30. The van der Waals surface area contributed by atoms with Crippen molar-refractivity contribution in [3.63, 3.8) is 0 Å². The zero-order chi connectivity index (χ0) is 9.38. The van der Waals surface area contributed by atoms with Crippen LogP contribution in [-0.2, 0) is 6.42 Å². The predicted octanol–water partition coefficient (Wildman–Crippen LogP) is 1.70. The second kappa shape index (κ2) is 2.83. The molecule has 0 atom stereocenters. The number of nitrogens with zero attached hydrogens (tertiary/aromatic N) is 2. The number of anilines is 1. The normalized spacial score (nSPS) is 13.7. The van der Waals surface area contributed by atoms with Gasteiger partial charge in [0.15, 0.2) is 6.33 Å². The minimum absolute atomic E-state index is 0.571. The zero-order valence-corrected chi connectivity index (χ0v) is 7.53. The Morgan fingerprint density at radius 3 is 3.21 bits per heavy atom. The van der Waals surface area contributed by atoms with Crippen LogP contribution in [-0.4, -0.2) is 16.7 Å². The Morgan fingerprint density at radius 2 is 2.36 bits per heavy atom. The van der Waals surface area contributed by atoms with Crippen LogP contribution in [0.15, 0.2) is 29.0 Å². The fraction of sp³-hybridized carbons (Fsp3) is 0.200. The molecule has 2 aromatic rings. The van der Waals surface area contributed by atoms with E-state index < -0.39 is 0 Å². The lowest BCUT2D eigenvalue weighted by Gasteiger charge is -2.00. The van der Waals surface area contributed by atoms with Crippen LogP contribution in [0, 0.1) is 0 Å². The molecule has 0 amide bonds. The summed E-state index contributed by atoms with van der Waals surface area (Å²) in [5.41, 5.74) is 3.50. The minimum atomic E-state index is 0.571. The molecule has 0 saturated carbocycles. The van der Waals surface area contributed by atoms with Crippen LogP contribution in [0.3, 0.4) is 0 Å². The molecule has 0 saturated heterocycles. The molecule has 0 unspecified atom stereocenters. The third-order valence-corrected chi connectivity index (χ3v) is 2.43. The van der Waals surface area contributed by atoms with Gasteiger partial charge in [-0.1, -0.05) is 11.2 Å². The van der Waals surface area contributed by atoms with E-state index in [1.54, 1.807) is 0 Å². The zero-order valence-electron chi connectivity index (χ0n) is 7.53. The topological polar surface area (TPSA) is 51.0 Å². The molecule has 3 rings (SSSR count). The van der Waals surface area contributed by atoms with Gasteiger partial charge in [-0.05, 0) is 24.1 Å². The summed E-state index contributed by atoms with van der Waals surface area (Å²) in [6.45, 7) is 1.02. The largest absolute Gasteiger partial charge is 0.384 e. The summed E-state index contributed by atoms with van der Waals surface area (Å²) in [4.78, 5) is 4.01. The highest BCUT2D eigenvalue weighted by Gasteiger charge is 2.12. The molecule has 2 heterocycles. The van der Waals surface area contributed by atoms with Gasteiger partial charge in [-0.2, -0.15) is 4.98 Å². The van der Waals surface area contributed by atoms with E-state index in [1.807, 2.05) is 6.07 Å². The van der Waals surface area contributed by atoms with Gasteiger partial charge in [-0.3, -0.25) is 0 Å². The Morgan fingerprint density at radius 1 is 1.36 bits per heavy atom. The summed E-state index contributed by atoms with van der Waals surface area (Å²) in [5.74, 6) is 0.571. The van der Waals surface area contributed by atoms with Gasteiger partial charge in [0.25, 0.3) is 5.89 Å². The molecule has 1 aliphatic heterocycles. The molecule has 4 heteroatoms. The first-order valence-electron chi connectivity index (χ1n) is 4.57. The first kappa shape index (κ1) is 7.55. The predicted molar refractivity (Wildman–Crippen MR) is 51.9 cm³/mol. The molecule has 1 aliphatic rings. The Bertz CT molecular complexity index is 450. The van der Waals surface area contributed by atoms with Crippen molar-refractivity contribution >= 4 is 5.69 Å². The standard InChI is InChI=1S/C10H9N3O/c1-2-8(10-12-6-13-14-10)5-9-7(1)3-4-11-9/h1-2,5-6,11H,3-4H2. The summed E-state index contributed by atoms with van der Waals surface area (Å²) in [5, 5.41) is 6.90. The molecule has 14 heavy (non-hydrogen) atoms. The van der Waals surface area contributed by atoms with E-state index in [2.05, 4.69) is 27.6 Å². The number of hydrogen-bond acceptors (Lipinski definition) is 4. The first-order chi connectivity index (χ1) is 6.93. The average molecular weight is 187 g/mol. The van der Waals surface area contributed by atoms with Crippen LogP contribution in [0.4, 0.5) is 5.69 Å². The van der Waals surface area contributed by atoms with Crippen LogP contribution in [0.25, 0.3) is 11.5 Å². The number of hydrogen-bond donors (Lipinski definition) is 1. The molecule has 1 N–H and O–H groups in total. The van der Waals surface area contributed by atoms with Gasteiger partial charge in [-0.25, -0.2) is 0 Å². The molecule has 0 bridgehead atoms. The maximum absolute atomic E-state index is 4.99. The van der Waals surface area contributed by atoms with E-state index in [1.165, 1.54) is 17.6 Å². The summed E-state index contributed by atoms with van der Waals surface area (Å²) < 4.78 is 4.99. The third kappa shape index (κ3) is 1.08. The molecule has 0 fully saturated rings. The van der Waals surface area contributed by atoms with Crippen LogP contribution >= 0.6 is 0 Å². The molecule has 0 aliphatic carbocycles. The van der Waals surface area contributed by atoms with Crippen molar-refractivity contribution in [2.75, 3.05) is 11.9 Å². The van der Waals surface area contributed by atoms with Crippen LogP contribution in [0.5, 0.6) is 0 Å². The molecule has 1 aromatic heterocycles. The van der Waals surface area contributed by atoms with Gasteiger partial charge in [0, 0.05) is 17.8 Å². The van der Waals surface area contributed by atoms with Gasteiger partial charge in [0.05, 0.1) is 0 Å². The Kier molecular flexibility index (Phi) is 1.53. The van der Waals surface area contributed by atoms with E-state index in [4.69, 9.17) is 4.52 Å². The van der Waals surface area contributed by atoms with Crippen molar-refractivity contribution < 1.29 is 4.52 Å². The Labute approximate surface area is 80.9 Å². The van der Waals surface area contributed by atoms with Crippen LogP contribution < -0.4 is 5.32 Å². The maximum atomic E-state index is 4.99. The van der Waals surface area contributed by atoms with Crippen molar-refractivity contribution in [2.24, 2.45) is 0 Å². The number of aromatic nitrogens is 2. The summed E-state index contributed by atoms with van der Waals surface area (Å²) in [6.07, 6.45) is 2.51.